The Bertz CT molecular complexity index is 1920. The normalized spacial score (nSPS) is 17.2. The molecule has 1 amide bonds. The van der Waals surface area contributed by atoms with Gasteiger partial charge in [0, 0.05) is 33.7 Å². The van der Waals surface area contributed by atoms with Gasteiger partial charge in [-0.05, 0) is 38.1 Å². The third-order valence-electron chi connectivity index (χ3n) is 7.85. The standard InChI is InChI=1S/C32H28N2O12S3/c1-31(2)25-20(18-14-17(42-3)11-12-19(18)33(31)26(35)15-9-8-10-16(13-15)34(40)41)32(21(27(36)43-4)22(47-25)28(37)44-5)48-23(29(38)45-6)24(49-32)30(39)46-7/h8-14H,1-7H3. The summed E-state index contributed by atoms with van der Waals surface area (Å²) < 4.78 is 24.1. The van der Waals surface area contributed by atoms with Gasteiger partial charge in [0.1, 0.15) is 24.5 Å². The summed E-state index contributed by atoms with van der Waals surface area (Å²) >= 11 is 2.44. The van der Waals surface area contributed by atoms with Gasteiger partial charge in [-0.1, -0.05) is 41.4 Å². The fourth-order valence-corrected chi connectivity index (χ4v) is 10.7. The molecule has 14 nitrogen and oxygen atoms in total. The van der Waals surface area contributed by atoms with Gasteiger partial charge < -0.3 is 23.7 Å². The van der Waals surface area contributed by atoms with Crippen LogP contribution in [0.2, 0.25) is 0 Å². The number of carbonyl (C=O) groups is 5. The predicted molar refractivity (Wildman–Crippen MR) is 182 cm³/mol. The summed E-state index contributed by atoms with van der Waals surface area (Å²) in [5, 5.41) is 11.6. The number of rotatable bonds is 7. The van der Waals surface area contributed by atoms with Crippen molar-refractivity contribution in [2.45, 2.75) is 23.5 Å². The number of nitro groups is 1. The summed E-state index contributed by atoms with van der Waals surface area (Å²) in [5.41, 5.74) is -0.880. The highest BCUT2D eigenvalue weighted by molar-refractivity contribution is 8.26. The number of methoxy groups -OCH3 is 5. The minimum absolute atomic E-state index is 0.00911. The minimum atomic E-state index is -1.79. The Morgan fingerprint density at radius 1 is 0.776 bits per heavy atom. The first-order valence-corrected chi connectivity index (χ1v) is 16.6. The number of anilines is 1. The number of amides is 1. The zero-order chi connectivity index (χ0) is 36.0. The van der Waals surface area contributed by atoms with Crippen molar-refractivity contribution in [2.24, 2.45) is 0 Å². The van der Waals surface area contributed by atoms with E-state index in [0.717, 1.165) is 69.8 Å². The molecule has 0 saturated carbocycles. The second-order valence-electron chi connectivity index (χ2n) is 10.8. The lowest BCUT2D eigenvalue weighted by atomic mass is 9.83. The second-order valence-corrected chi connectivity index (χ2v) is 14.6. The number of hydrogen-bond donors (Lipinski definition) is 0. The zero-order valence-electron chi connectivity index (χ0n) is 27.1. The highest BCUT2D eigenvalue weighted by atomic mass is 32.2. The molecule has 0 bridgehead atoms. The van der Waals surface area contributed by atoms with Gasteiger partial charge in [-0.3, -0.25) is 19.8 Å². The van der Waals surface area contributed by atoms with Crippen molar-refractivity contribution in [3.8, 4) is 5.75 Å². The first-order chi connectivity index (χ1) is 23.2. The maximum absolute atomic E-state index is 14.5. The molecule has 1 spiro atoms. The van der Waals surface area contributed by atoms with Gasteiger partial charge in [0.2, 0.25) is 0 Å². The van der Waals surface area contributed by atoms with E-state index in [2.05, 4.69) is 0 Å². The smallest absolute Gasteiger partial charge is 0.345 e. The molecule has 3 aliphatic rings. The molecule has 2 aromatic carbocycles. The summed E-state index contributed by atoms with van der Waals surface area (Å²) in [4.78, 5) is 80.4. The minimum Gasteiger partial charge on any atom is -0.497 e. The molecule has 49 heavy (non-hydrogen) atoms. The first kappa shape index (κ1) is 35.6. The highest BCUT2D eigenvalue weighted by Crippen LogP contribution is 2.71. The van der Waals surface area contributed by atoms with Crippen LogP contribution in [0.5, 0.6) is 5.75 Å². The third kappa shape index (κ3) is 5.64. The van der Waals surface area contributed by atoms with E-state index in [4.69, 9.17) is 23.7 Å². The quantitative estimate of drug-likeness (QED) is 0.164. The molecule has 0 unspecified atom stereocenters. The SMILES string of the molecule is COC(=O)C1=C(C(=O)OC)SC2(S1)C(C(=O)OC)=C(C(=O)OC)SC1=C2c2cc(OC)ccc2N(C(=O)c2cccc([N+](=O)[O-])c2)C1(C)C. The molecule has 0 radical (unpaired) electrons. The molecular formula is C32H28N2O12S3. The molecule has 0 aliphatic carbocycles. The number of hydrogen-bond acceptors (Lipinski definition) is 15. The Kier molecular flexibility index (Phi) is 9.64. The number of fused-ring (bicyclic) bond motifs is 3. The number of thioether (sulfide) groups is 3. The lowest BCUT2D eigenvalue weighted by molar-refractivity contribution is -0.384. The van der Waals surface area contributed by atoms with Crippen molar-refractivity contribution in [1.29, 1.82) is 0 Å². The van der Waals surface area contributed by atoms with Crippen LogP contribution in [0.25, 0.3) is 5.57 Å². The Hall–Kier alpha value is -4.74. The van der Waals surface area contributed by atoms with Gasteiger partial charge in [-0.2, -0.15) is 0 Å². The lowest BCUT2D eigenvalue weighted by Gasteiger charge is -2.50. The van der Waals surface area contributed by atoms with E-state index >= 15 is 0 Å². The molecule has 2 aromatic rings. The van der Waals surface area contributed by atoms with Crippen molar-refractivity contribution < 1.29 is 52.6 Å². The van der Waals surface area contributed by atoms with Crippen molar-refractivity contribution in [1.82, 2.24) is 0 Å². The van der Waals surface area contributed by atoms with Gasteiger partial charge in [0.05, 0.1) is 57.3 Å². The van der Waals surface area contributed by atoms with Gasteiger partial charge in [-0.25, -0.2) is 19.2 Å². The molecule has 5 rings (SSSR count). The van der Waals surface area contributed by atoms with Gasteiger partial charge in [0.15, 0.2) is 0 Å². The number of esters is 4. The average molecular weight is 729 g/mol. The van der Waals surface area contributed by atoms with E-state index in [0.29, 0.717) is 27.5 Å². The monoisotopic (exact) mass is 728 g/mol. The van der Waals surface area contributed by atoms with Crippen LogP contribution in [0, 0.1) is 10.1 Å². The second kappa shape index (κ2) is 13.3. The maximum Gasteiger partial charge on any atom is 0.345 e. The molecular weight excluding hydrogens is 701 g/mol. The fourth-order valence-electron chi connectivity index (χ4n) is 5.67. The molecule has 3 aliphatic heterocycles. The number of nitro benzene ring substituents is 1. The zero-order valence-corrected chi connectivity index (χ0v) is 29.5. The van der Waals surface area contributed by atoms with Crippen molar-refractivity contribution in [3.05, 3.63) is 88.9 Å². The van der Waals surface area contributed by atoms with E-state index in [9.17, 15) is 34.1 Å². The van der Waals surface area contributed by atoms with Crippen molar-refractivity contribution in [3.63, 3.8) is 0 Å². The summed E-state index contributed by atoms with van der Waals surface area (Å²) in [5.74, 6) is -3.94. The highest BCUT2D eigenvalue weighted by Gasteiger charge is 2.62. The molecule has 0 saturated heterocycles. The van der Waals surface area contributed by atoms with E-state index in [-0.39, 0.29) is 31.5 Å². The average Bonchev–Trinajstić information content (AvgIpc) is 3.49. The van der Waals surface area contributed by atoms with Gasteiger partial charge in [-0.15, -0.1) is 0 Å². The number of carbonyl (C=O) groups excluding carboxylic acids is 5. The summed E-state index contributed by atoms with van der Waals surface area (Å²) in [6.45, 7) is 3.40. The van der Waals surface area contributed by atoms with Crippen LogP contribution in [-0.2, 0) is 38.1 Å². The van der Waals surface area contributed by atoms with Crippen molar-refractivity contribution in [2.75, 3.05) is 40.4 Å². The van der Waals surface area contributed by atoms with E-state index < -0.39 is 44.3 Å². The Morgan fingerprint density at radius 2 is 1.35 bits per heavy atom. The number of benzene rings is 2. The van der Waals surface area contributed by atoms with Crippen LogP contribution in [0.4, 0.5) is 11.4 Å². The fraction of sp³-hybridized carbons (Fsp3) is 0.281. The molecule has 0 N–H and O–H groups in total. The largest absolute Gasteiger partial charge is 0.497 e. The summed E-state index contributed by atoms with van der Waals surface area (Å²) in [6.07, 6.45) is 0. The van der Waals surface area contributed by atoms with Crippen LogP contribution in [0.3, 0.4) is 0 Å². The van der Waals surface area contributed by atoms with E-state index in [1.807, 2.05) is 0 Å². The van der Waals surface area contributed by atoms with Gasteiger partial charge >= 0.3 is 23.9 Å². The summed E-state index contributed by atoms with van der Waals surface area (Å²) in [6, 6.07) is 10.1. The van der Waals surface area contributed by atoms with Crippen LogP contribution in [0.1, 0.15) is 29.8 Å². The molecule has 0 fully saturated rings. The third-order valence-corrected chi connectivity index (χ3v) is 12.5. The number of non-ortho nitro benzene ring substituents is 1. The lowest BCUT2D eigenvalue weighted by Crippen LogP contribution is -2.53. The van der Waals surface area contributed by atoms with Crippen LogP contribution in [-0.4, -0.2) is 79.9 Å². The van der Waals surface area contributed by atoms with E-state index in [1.165, 1.54) is 30.2 Å². The Morgan fingerprint density at radius 3 is 1.88 bits per heavy atom. The van der Waals surface area contributed by atoms with Crippen LogP contribution < -0.4 is 9.64 Å². The van der Waals surface area contributed by atoms with E-state index in [1.54, 1.807) is 32.0 Å². The number of ether oxygens (including phenoxy) is 5. The molecule has 0 atom stereocenters. The Balaban J connectivity index is 1.89. The molecule has 256 valence electrons. The molecule has 3 heterocycles. The van der Waals surface area contributed by atoms with Crippen LogP contribution >= 0.6 is 35.3 Å². The number of nitrogens with zero attached hydrogens (tertiary/aromatic N) is 2. The topological polar surface area (TPSA) is 178 Å². The first-order valence-electron chi connectivity index (χ1n) is 14.1. The predicted octanol–water partition coefficient (Wildman–Crippen LogP) is 4.83. The van der Waals surface area contributed by atoms with Crippen LogP contribution in [0.15, 0.2) is 67.7 Å². The molecule has 0 aromatic heterocycles. The van der Waals surface area contributed by atoms with Gasteiger partial charge in [0.25, 0.3) is 11.6 Å². The Labute approximate surface area is 292 Å². The summed E-state index contributed by atoms with van der Waals surface area (Å²) in [7, 11) is 5.92. The molecule has 17 heteroatoms. The maximum atomic E-state index is 14.5. The van der Waals surface area contributed by atoms with Crippen molar-refractivity contribution >= 4 is 82.0 Å².